The van der Waals surface area contributed by atoms with Gasteiger partial charge in [-0.05, 0) is 48.7 Å². The number of thiophene rings is 1. The molecule has 3 aromatic rings. The number of nitrogens with zero attached hydrogens (tertiary/aromatic N) is 1. The number of carbonyl (C=O) groups excluding carboxylic acids is 2. The minimum Gasteiger partial charge on any atom is -0.378 e. The number of carbonyl (C=O) groups is 2. The van der Waals surface area contributed by atoms with Crippen molar-refractivity contribution in [1.29, 1.82) is 0 Å². The smallest absolute Gasteiger partial charge is 0.265 e. The fourth-order valence-corrected chi connectivity index (χ4v) is 3.93. The van der Waals surface area contributed by atoms with Crippen molar-refractivity contribution >= 4 is 40.2 Å². The number of benzene rings is 2. The molecule has 1 aliphatic heterocycles. The summed E-state index contributed by atoms with van der Waals surface area (Å²) in [6.45, 7) is 4.67. The van der Waals surface area contributed by atoms with Gasteiger partial charge in [-0.1, -0.05) is 23.8 Å². The predicted octanol–water partition coefficient (Wildman–Crippen LogP) is 4.40. The Balaban J connectivity index is 1.62. The molecule has 4 rings (SSSR count). The molecule has 1 aromatic heterocycles. The van der Waals surface area contributed by atoms with Gasteiger partial charge in [-0.3, -0.25) is 9.59 Å². The molecule has 2 amide bonds. The Morgan fingerprint density at radius 1 is 0.933 bits per heavy atom. The Kier molecular flexibility index (Phi) is 6.11. The van der Waals surface area contributed by atoms with Gasteiger partial charge in [0.1, 0.15) is 0 Å². The van der Waals surface area contributed by atoms with Crippen LogP contribution in [-0.4, -0.2) is 38.1 Å². The summed E-state index contributed by atoms with van der Waals surface area (Å²) in [5.74, 6) is -0.401. The number of amides is 2. The Bertz CT molecular complexity index is 1030. The highest BCUT2D eigenvalue weighted by Crippen LogP contribution is 2.27. The molecule has 2 N–H and O–H groups in total. The Morgan fingerprint density at radius 3 is 2.33 bits per heavy atom. The van der Waals surface area contributed by atoms with Crippen molar-refractivity contribution in [2.75, 3.05) is 41.8 Å². The van der Waals surface area contributed by atoms with E-state index in [0.29, 0.717) is 42.4 Å². The van der Waals surface area contributed by atoms with Gasteiger partial charge in [0.25, 0.3) is 11.8 Å². The monoisotopic (exact) mass is 421 g/mol. The summed E-state index contributed by atoms with van der Waals surface area (Å²) >= 11 is 1.38. The zero-order valence-corrected chi connectivity index (χ0v) is 17.5. The van der Waals surface area contributed by atoms with Crippen molar-refractivity contribution < 1.29 is 14.3 Å². The molecule has 2 heterocycles. The van der Waals surface area contributed by atoms with Gasteiger partial charge in [0, 0.05) is 30.2 Å². The Morgan fingerprint density at radius 2 is 1.63 bits per heavy atom. The first-order valence-corrected chi connectivity index (χ1v) is 10.7. The molecular formula is C23H23N3O3S. The topological polar surface area (TPSA) is 70.7 Å². The molecule has 0 saturated carbocycles. The van der Waals surface area contributed by atoms with Crippen LogP contribution >= 0.6 is 11.3 Å². The lowest BCUT2D eigenvalue weighted by Gasteiger charge is -2.30. The summed E-state index contributed by atoms with van der Waals surface area (Å²) in [4.78, 5) is 28.3. The van der Waals surface area contributed by atoms with Crippen molar-refractivity contribution in [3.8, 4) is 0 Å². The Hall–Kier alpha value is -3.16. The molecule has 1 aliphatic rings. The number of hydrogen-bond donors (Lipinski definition) is 2. The number of hydrogen-bond acceptors (Lipinski definition) is 5. The molecule has 0 atom stereocenters. The highest BCUT2D eigenvalue weighted by molar-refractivity contribution is 7.12. The van der Waals surface area contributed by atoms with Crippen LogP contribution in [0, 0.1) is 6.92 Å². The number of morpholine rings is 1. The zero-order valence-electron chi connectivity index (χ0n) is 16.7. The predicted molar refractivity (Wildman–Crippen MR) is 121 cm³/mol. The molecular weight excluding hydrogens is 398 g/mol. The molecule has 0 bridgehead atoms. The number of nitrogens with one attached hydrogen (secondary N) is 2. The second-order valence-electron chi connectivity index (χ2n) is 7.08. The average molecular weight is 422 g/mol. The quantitative estimate of drug-likeness (QED) is 0.641. The second-order valence-corrected chi connectivity index (χ2v) is 8.03. The molecule has 7 heteroatoms. The van der Waals surface area contributed by atoms with E-state index in [1.165, 1.54) is 11.3 Å². The molecule has 0 aliphatic carbocycles. The molecule has 0 unspecified atom stereocenters. The largest absolute Gasteiger partial charge is 0.378 e. The van der Waals surface area contributed by atoms with Gasteiger partial charge in [0.2, 0.25) is 0 Å². The van der Waals surface area contributed by atoms with Gasteiger partial charge in [0.05, 0.1) is 23.7 Å². The normalized spacial score (nSPS) is 13.7. The van der Waals surface area contributed by atoms with Crippen molar-refractivity contribution in [3.63, 3.8) is 0 Å². The average Bonchev–Trinajstić information content (AvgIpc) is 3.31. The molecule has 0 spiro atoms. The van der Waals surface area contributed by atoms with Gasteiger partial charge in [-0.25, -0.2) is 0 Å². The summed E-state index contributed by atoms with van der Waals surface area (Å²) in [5.41, 5.74) is 3.78. The molecule has 0 radical (unpaired) electrons. The summed E-state index contributed by atoms with van der Waals surface area (Å²) in [6, 6.07) is 16.7. The first-order valence-electron chi connectivity index (χ1n) is 9.80. The number of aryl methyl sites for hydroxylation is 1. The summed E-state index contributed by atoms with van der Waals surface area (Å²) < 4.78 is 5.45. The maximum absolute atomic E-state index is 13.1. The first-order chi connectivity index (χ1) is 14.6. The van der Waals surface area contributed by atoms with Gasteiger partial charge >= 0.3 is 0 Å². The van der Waals surface area contributed by atoms with Crippen LogP contribution in [-0.2, 0) is 4.74 Å². The van der Waals surface area contributed by atoms with E-state index in [1.54, 1.807) is 12.1 Å². The highest BCUT2D eigenvalue weighted by Gasteiger charge is 2.20. The molecule has 154 valence electrons. The van der Waals surface area contributed by atoms with Crippen LogP contribution in [0.25, 0.3) is 0 Å². The van der Waals surface area contributed by atoms with Crippen LogP contribution in [0.5, 0.6) is 0 Å². The fourth-order valence-electron chi connectivity index (χ4n) is 3.31. The van der Waals surface area contributed by atoms with Crippen molar-refractivity contribution in [3.05, 3.63) is 76.0 Å². The lowest BCUT2D eigenvalue weighted by molar-refractivity contribution is 0.101. The third-order valence-corrected chi connectivity index (χ3v) is 5.77. The summed E-state index contributed by atoms with van der Waals surface area (Å²) in [5, 5.41) is 7.71. The standard InChI is InChI=1S/C23H23N3O3S/c1-16-4-6-17(7-5-16)24-22(27)19-15-18(25-23(28)21-3-2-14-30-21)8-9-20(19)26-10-12-29-13-11-26/h2-9,14-15H,10-13H2,1H3,(H,24,27)(H,25,28). The van der Waals surface area contributed by atoms with Gasteiger partial charge in [-0.2, -0.15) is 0 Å². The lowest BCUT2D eigenvalue weighted by atomic mass is 10.1. The van der Waals surface area contributed by atoms with E-state index >= 15 is 0 Å². The number of rotatable bonds is 5. The van der Waals surface area contributed by atoms with E-state index in [4.69, 9.17) is 4.74 Å². The van der Waals surface area contributed by atoms with Crippen LogP contribution in [0.1, 0.15) is 25.6 Å². The van der Waals surface area contributed by atoms with Crippen molar-refractivity contribution in [2.45, 2.75) is 6.92 Å². The van der Waals surface area contributed by atoms with Crippen LogP contribution in [0.3, 0.4) is 0 Å². The maximum atomic E-state index is 13.1. The van der Waals surface area contributed by atoms with Crippen LogP contribution in [0.15, 0.2) is 60.0 Å². The Labute approximate surface area is 179 Å². The van der Waals surface area contributed by atoms with Gasteiger partial charge < -0.3 is 20.3 Å². The SMILES string of the molecule is Cc1ccc(NC(=O)c2cc(NC(=O)c3cccs3)ccc2N2CCOCC2)cc1. The fraction of sp³-hybridized carbons (Fsp3) is 0.217. The minimum atomic E-state index is -0.215. The van der Waals surface area contributed by atoms with E-state index in [-0.39, 0.29) is 11.8 Å². The van der Waals surface area contributed by atoms with Crippen LogP contribution in [0.4, 0.5) is 17.1 Å². The van der Waals surface area contributed by atoms with Gasteiger partial charge in [-0.15, -0.1) is 11.3 Å². The van der Waals surface area contributed by atoms with Crippen LogP contribution in [0.2, 0.25) is 0 Å². The van der Waals surface area contributed by atoms with E-state index in [0.717, 1.165) is 16.9 Å². The minimum absolute atomic E-state index is 0.186. The summed E-state index contributed by atoms with van der Waals surface area (Å²) in [6.07, 6.45) is 0. The van der Waals surface area contributed by atoms with Crippen molar-refractivity contribution in [1.82, 2.24) is 0 Å². The first kappa shape index (κ1) is 20.1. The zero-order chi connectivity index (χ0) is 20.9. The number of ether oxygens (including phenoxy) is 1. The lowest BCUT2D eigenvalue weighted by Crippen LogP contribution is -2.37. The molecule has 2 aromatic carbocycles. The highest BCUT2D eigenvalue weighted by atomic mass is 32.1. The second kappa shape index (κ2) is 9.11. The van der Waals surface area contributed by atoms with E-state index < -0.39 is 0 Å². The molecule has 1 saturated heterocycles. The molecule has 6 nitrogen and oxygen atoms in total. The van der Waals surface area contributed by atoms with Gasteiger partial charge in [0.15, 0.2) is 0 Å². The third kappa shape index (κ3) is 4.69. The maximum Gasteiger partial charge on any atom is 0.265 e. The number of anilines is 3. The summed E-state index contributed by atoms with van der Waals surface area (Å²) in [7, 11) is 0. The molecule has 1 fully saturated rings. The van der Waals surface area contributed by atoms with Crippen LogP contribution < -0.4 is 15.5 Å². The van der Waals surface area contributed by atoms with E-state index in [1.807, 2.05) is 54.8 Å². The van der Waals surface area contributed by atoms with Crippen molar-refractivity contribution in [2.24, 2.45) is 0 Å². The van der Waals surface area contributed by atoms with E-state index in [2.05, 4.69) is 15.5 Å². The third-order valence-electron chi connectivity index (χ3n) is 4.91. The van der Waals surface area contributed by atoms with E-state index in [9.17, 15) is 9.59 Å². The molecule has 30 heavy (non-hydrogen) atoms.